The van der Waals surface area contributed by atoms with Gasteiger partial charge in [-0.2, -0.15) is 0 Å². The highest BCUT2D eigenvalue weighted by molar-refractivity contribution is 6.46. The molecule has 0 saturated carbocycles. The maximum Gasteiger partial charge on any atom is 0.295 e. The van der Waals surface area contributed by atoms with Crippen LogP contribution in [0.3, 0.4) is 0 Å². The number of nitrogens with zero attached hydrogens (tertiary/aromatic N) is 1. The zero-order valence-electron chi connectivity index (χ0n) is 17.8. The summed E-state index contributed by atoms with van der Waals surface area (Å²) in [5.41, 5.74) is 2.17. The molecule has 31 heavy (non-hydrogen) atoms. The number of hydrogen-bond acceptors (Lipinski definition) is 6. The third kappa shape index (κ3) is 3.77. The lowest BCUT2D eigenvalue weighted by molar-refractivity contribution is -0.140. The molecule has 2 heterocycles. The SMILES string of the molecule is COCCN1C(=O)C(=O)C(=C(O)c2ccc3c(c2)C[C@@H](C)O3)[C@H]1c1cccc(OC)c1. The fourth-order valence-electron chi connectivity index (χ4n) is 4.18. The molecule has 2 atom stereocenters. The van der Waals surface area contributed by atoms with E-state index in [1.165, 1.54) is 12.0 Å². The van der Waals surface area contributed by atoms with Crippen LogP contribution in [0.2, 0.25) is 0 Å². The maximum absolute atomic E-state index is 13.0. The highest BCUT2D eigenvalue weighted by atomic mass is 16.5. The van der Waals surface area contributed by atoms with Gasteiger partial charge in [-0.15, -0.1) is 0 Å². The topological polar surface area (TPSA) is 85.3 Å². The van der Waals surface area contributed by atoms with E-state index < -0.39 is 17.7 Å². The number of benzene rings is 2. The Bertz CT molecular complexity index is 1060. The quantitative estimate of drug-likeness (QED) is 0.437. The van der Waals surface area contributed by atoms with Crippen molar-refractivity contribution < 1.29 is 28.9 Å². The van der Waals surface area contributed by atoms with Crippen LogP contribution in [0, 0.1) is 0 Å². The number of aliphatic hydroxyl groups excluding tert-OH is 1. The fraction of sp³-hybridized carbons (Fsp3) is 0.333. The van der Waals surface area contributed by atoms with Crippen LogP contribution in [0.4, 0.5) is 0 Å². The van der Waals surface area contributed by atoms with E-state index in [-0.39, 0.29) is 30.6 Å². The molecule has 0 spiro atoms. The molecule has 2 aliphatic rings. The molecule has 2 aromatic rings. The van der Waals surface area contributed by atoms with Gasteiger partial charge in [0.1, 0.15) is 23.4 Å². The number of hydrogen-bond donors (Lipinski definition) is 1. The molecule has 0 radical (unpaired) electrons. The minimum absolute atomic E-state index is 0.0567. The Morgan fingerprint density at radius 2 is 2.00 bits per heavy atom. The summed E-state index contributed by atoms with van der Waals surface area (Å²) in [5, 5.41) is 11.2. The number of carbonyl (C=O) groups excluding carboxylic acids is 2. The summed E-state index contributed by atoms with van der Waals surface area (Å²) in [6.07, 6.45) is 0.779. The summed E-state index contributed by atoms with van der Waals surface area (Å²) in [7, 11) is 3.08. The van der Waals surface area contributed by atoms with E-state index in [0.29, 0.717) is 16.9 Å². The van der Waals surface area contributed by atoms with Crippen LogP contribution in [-0.2, 0) is 20.7 Å². The van der Waals surface area contributed by atoms with Gasteiger partial charge in [0.2, 0.25) is 0 Å². The largest absolute Gasteiger partial charge is 0.507 e. The first-order chi connectivity index (χ1) is 14.9. The van der Waals surface area contributed by atoms with E-state index in [2.05, 4.69) is 0 Å². The van der Waals surface area contributed by atoms with Crippen molar-refractivity contribution in [1.29, 1.82) is 0 Å². The van der Waals surface area contributed by atoms with Crippen molar-refractivity contribution in [2.45, 2.75) is 25.5 Å². The molecule has 0 aromatic heterocycles. The Morgan fingerprint density at radius 3 is 2.74 bits per heavy atom. The first-order valence-corrected chi connectivity index (χ1v) is 10.2. The molecular weight excluding hydrogens is 398 g/mol. The van der Waals surface area contributed by atoms with Crippen LogP contribution in [0.1, 0.15) is 29.7 Å². The average molecular weight is 423 g/mol. The number of ketones is 1. The molecular formula is C24H25NO6. The van der Waals surface area contributed by atoms with Crippen LogP contribution >= 0.6 is 0 Å². The van der Waals surface area contributed by atoms with Crippen molar-refractivity contribution in [3.8, 4) is 11.5 Å². The van der Waals surface area contributed by atoms with Gasteiger partial charge in [-0.05, 0) is 48.4 Å². The Morgan fingerprint density at radius 1 is 1.19 bits per heavy atom. The summed E-state index contributed by atoms with van der Waals surface area (Å²) in [6, 6.07) is 11.7. The van der Waals surface area contributed by atoms with Gasteiger partial charge in [0, 0.05) is 25.6 Å². The number of Topliss-reactive ketones (excluding diaryl/α,β-unsaturated/α-hetero) is 1. The van der Waals surface area contributed by atoms with Crippen LogP contribution in [0.15, 0.2) is 48.0 Å². The van der Waals surface area contributed by atoms with Gasteiger partial charge < -0.3 is 24.2 Å². The molecule has 7 heteroatoms. The maximum atomic E-state index is 13.0. The van der Waals surface area contributed by atoms with Crippen molar-refractivity contribution in [2.24, 2.45) is 0 Å². The third-order valence-electron chi connectivity index (χ3n) is 5.66. The molecule has 1 saturated heterocycles. The number of fused-ring (bicyclic) bond motifs is 1. The molecule has 4 rings (SSSR count). The van der Waals surface area contributed by atoms with E-state index in [9.17, 15) is 14.7 Å². The average Bonchev–Trinajstić information content (AvgIpc) is 3.27. The number of methoxy groups -OCH3 is 2. The Labute approximate surface area is 180 Å². The summed E-state index contributed by atoms with van der Waals surface area (Å²) in [6.45, 7) is 2.46. The summed E-state index contributed by atoms with van der Waals surface area (Å²) in [4.78, 5) is 27.3. The second-order valence-corrected chi connectivity index (χ2v) is 7.72. The molecule has 1 amide bonds. The molecule has 162 valence electrons. The molecule has 0 bridgehead atoms. The zero-order valence-corrected chi connectivity index (χ0v) is 17.8. The van der Waals surface area contributed by atoms with E-state index in [1.807, 2.05) is 19.1 Å². The van der Waals surface area contributed by atoms with Gasteiger partial charge in [0.25, 0.3) is 11.7 Å². The minimum Gasteiger partial charge on any atom is -0.507 e. The lowest BCUT2D eigenvalue weighted by Crippen LogP contribution is -2.32. The Balaban J connectivity index is 1.83. The Hall–Kier alpha value is -3.32. The minimum atomic E-state index is -0.742. The van der Waals surface area contributed by atoms with Gasteiger partial charge >= 0.3 is 0 Å². The van der Waals surface area contributed by atoms with E-state index >= 15 is 0 Å². The van der Waals surface area contributed by atoms with Gasteiger partial charge in [-0.3, -0.25) is 9.59 Å². The molecule has 2 aliphatic heterocycles. The van der Waals surface area contributed by atoms with Crippen LogP contribution in [0.25, 0.3) is 5.76 Å². The van der Waals surface area contributed by atoms with E-state index in [1.54, 1.807) is 37.4 Å². The van der Waals surface area contributed by atoms with Gasteiger partial charge in [0.15, 0.2) is 0 Å². The van der Waals surface area contributed by atoms with Crippen LogP contribution in [-0.4, -0.2) is 55.2 Å². The van der Waals surface area contributed by atoms with Crippen LogP contribution in [0.5, 0.6) is 11.5 Å². The van der Waals surface area contributed by atoms with Crippen molar-refractivity contribution in [3.05, 3.63) is 64.7 Å². The molecule has 0 aliphatic carbocycles. The second-order valence-electron chi connectivity index (χ2n) is 7.72. The third-order valence-corrected chi connectivity index (χ3v) is 5.66. The molecule has 2 aromatic carbocycles. The summed E-state index contributed by atoms with van der Waals surface area (Å²) in [5.74, 6) is -0.211. The normalized spacial score (nSPS) is 21.8. The van der Waals surface area contributed by atoms with Gasteiger partial charge in [-0.25, -0.2) is 0 Å². The fourth-order valence-corrected chi connectivity index (χ4v) is 4.18. The zero-order chi connectivity index (χ0) is 22.1. The molecule has 1 fully saturated rings. The number of likely N-dealkylation sites (tertiary alicyclic amines) is 1. The number of aliphatic hydroxyl groups is 1. The lowest BCUT2D eigenvalue weighted by Gasteiger charge is -2.25. The first kappa shape index (κ1) is 20.9. The van der Waals surface area contributed by atoms with Crippen molar-refractivity contribution in [1.82, 2.24) is 4.90 Å². The number of ether oxygens (including phenoxy) is 3. The summed E-state index contributed by atoms with van der Waals surface area (Å²) < 4.78 is 16.2. The van der Waals surface area contributed by atoms with E-state index in [4.69, 9.17) is 14.2 Å². The van der Waals surface area contributed by atoms with Crippen molar-refractivity contribution in [2.75, 3.05) is 27.4 Å². The molecule has 0 unspecified atom stereocenters. The standard InChI is InChI=1S/C24H25NO6/c1-14-11-17-12-16(7-8-19(17)31-14)22(26)20-21(15-5-4-6-18(13-15)30-3)25(9-10-29-2)24(28)23(20)27/h4-8,12-14,21,26H,9-11H2,1-3H3/t14-,21-/m1/s1. The lowest BCUT2D eigenvalue weighted by atomic mass is 9.94. The monoisotopic (exact) mass is 423 g/mol. The number of amides is 1. The van der Waals surface area contributed by atoms with Crippen molar-refractivity contribution in [3.63, 3.8) is 0 Å². The summed E-state index contributed by atoms with van der Waals surface area (Å²) >= 11 is 0. The van der Waals surface area contributed by atoms with Gasteiger partial charge in [0.05, 0.1) is 25.3 Å². The first-order valence-electron chi connectivity index (χ1n) is 10.2. The second kappa shape index (κ2) is 8.43. The predicted octanol–water partition coefficient (Wildman–Crippen LogP) is 3.09. The molecule has 7 nitrogen and oxygen atoms in total. The highest BCUT2D eigenvalue weighted by Crippen LogP contribution is 2.41. The smallest absolute Gasteiger partial charge is 0.295 e. The van der Waals surface area contributed by atoms with Crippen molar-refractivity contribution >= 4 is 17.4 Å². The predicted molar refractivity (Wildman–Crippen MR) is 114 cm³/mol. The number of carbonyl (C=O) groups is 2. The van der Waals surface area contributed by atoms with Crippen LogP contribution < -0.4 is 9.47 Å². The highest BCUT2D eigenvalue weighted by Gasteiger charge is 2.46. The number of rotatable bonds is 6. The van der Waals surface area contributed by atoms with Gasteiger partial charge in [-0.1, -0.05) is 12.1 Å². The van der Waals surface area contributed by atoms with E-state index in [0.717, 1.165) is 17.7 Å². The Kier molecular flexibility index (Phi) is 5.69. The molecule has 1 N–H and O–H groups in total.